The van der Waals surface area contributed by atoms with Crippen molar-refractivity contribution in [1.29, 1.82) is 0 Å². The molecule has 14 heavy (non-hydrogen) atoms. The van der Waals surface area contributed by atoms with E-state index < -0.39 is 0 Å². The van der Waals surface area contributed by atoms with Crippen molar-refractivity contribution in [3.8, 4) is 0 Å². The van der Waals surface area contributed by atoms with Gasteiger partial charge >= 0.3 is 0 Å². The lowest BCUT2D eigenvalue weighted by molar-refractivity contribution is 0.0693. The highest BCUT2D eigenvalue weighted by Gasteiger charge is 2.23. The van der Waals surface area contributed by atoms with Gasteiger partial charge in [-0.15, -0.1) is 0 Å². The Morgan fingerprint density at radius 2 is 2.00 bits per heavy atom. The van der Waals surface area contributed by atoms with Crippen LogP contribution >= 0.6 is 0 Å². The van der Waals surface area contributed by atoms with Gasteiger partial charge in [0.05, 0.1) is 12.2 Å². The van der Waals surface area contributed by atoms with Crippen molar-refractivity contribution in [3.63, 3.8) is 0 Å². The number of ether oxygens (including phenoxy) is 2. The third-order valence-electron chi connectivity index (χ3n) is 3.21. The number of hydrogen-bond acceptors (Lipinski definition) is 3. The quantitative estimate of drug-likeness (QED) is 0.741. The fourth-order valence-corrected chi connectivity index (χ4v) is 2.25. The van der Waals surface area contributed by atoms with Crippen molar-refractivity contribution >= 4 is 0 Å². The van der Waals surface area contributed by atoms with E-state index in [0.717, 1.165) is 19.8 Å². The summed E-state index contributed by atoms with van der Waals surface area (Å²) in [6.45, 7) is 5.09. The predicted molar refractivity (Wildman–Crippen MR) is 55.4 cm³/mol. The van der Waals surface area contributed by atoms with Gasteiger partial charge in [-0.1, -0.05) is 0 Å². The first kappa shape index (κ1) is 10.4. The van der Waals surface area contributed by atoms with Crippen LogP contribution in [-0.2, 0) is 9.47 Å². The van der Waals surface area contributed by atoms with E-state index in [-0.39, 0.29) is 0 Å². The molecule has 3 atom stereocenters. The van der Waals surface area contributed by atoms with Crippen LogP contribution in [0.1, 0.15) is 32.6 Å². The molecule has 0 spiro atoms. The molecule has 82 valence electrons. The van der Waals surface area contributed by atoms with Gasteiger partial charge in [-0.05, 0) is 32.6 Å². The fourth-order valence-electron chi connectivity index (χ4n) is 2.25. The summed E-state index contributed by atoms with van der Waals surface area (Å²) in [6, 6.07) is 0.474. The average molecular weight is 199 g/mol. The summed E-state index contributed by atoms with van der Waals surface area (Å²) in [5, 5.41) is 3.52. The summed E-state index contributed by atoms with van der Waals surface area (Å²) in [4.78, 5) is 0. The van der Waals surface area contributed by atoms with Crippen LogP contribution in [-0.4, -0.2) is 38.0 Å². The smallest absolute Gasteiger partial charge is 0.0726 e. The summed E-state index contributed by atoms with van der Waals surface area (Å²) in [6.07, 6.45) is 5.73. The highest BCUT2D eigenvalue weighted by Crippen LogP contribution is 2.16. The highest BCUT2D eigenvalue weighted by atomic mass is 16.5. The van der Waals surface area contributed by atoms with Crippen LogP contribution < -0.4 is 5.32 Å². The Morgan fingerprint density at radius 3 is 2.64 bits per heavy atom. The molecule has 0 radical (unpaired) electrons. The van der Waals surface area contributed by atoms with Crippen molar-refractivity contribution in [1.82, 2.24) is 5.32 Å². The Kier molecular flexibility index (Phi) is 3.79. The Hall–Kier alpha value is -0.120. The molecule has 2 aliphatic heterocycles. The summed E-state index contributed by atoms with van der Waals surface area (Å²) in [5.41, 5.74) is 0. The van der Waals surface area contributed by atoms with Crippen LogP contribution in [0.25, 0.3) is 0 Å². The summed E-state index contributed by atoms with van der Waals surface area (Å²) in [7, 11) is 0. The van der Waals surface area contributed by atoms with Crippen molar-refractivity contribution in [2.45, 2.75) is 50.9 Å². The lowest BCUT2D eigenvalue weighted by atomic mass is 10.1. The third kappa shape index (κ3) is 2.69. The van der Waals surface area contributed by atoms with E-state index in [4.69, 9.17) is 9.47 Å². The molecule has 0 aromatic rings. The van der Waals surface area contributed by atoms with Gasteiger partial charge < -0.3 is 14.8 Å². The van der Waals surface area contributed by atoms with Gasteiger partial charge in [0, 0.05) is 25.8 Å². The first-order valence-electron chi connectivity index (χ1n) is 5.83. The second-order valence-electron chi connectivity index (χ2n) is 4.38. The van der Waals surface area contributed by atoms with Gasteiger partial charge in [-0.25, -0.2) is 0 Å². The molecule has 0 amide bonds. The minimum absolute atomic E-state index is 0.427. The molecular formula is C11H21NO2. The maximum atomic E-state index is 5.63. The molecule has 2 aliphatic rings. The Labute approximate surface area is 86.2 Å². The Balaban J connectivity index is 1.63. The third-order valence-corrected chi connectivity index (χ3v) is 3.21. The summed E-state index contributed by atoms with van der Waals surface area (Å²) in [5.74, 6) is 0. The SMILES string of the molecule is CC(NCC1CCCO1)C1CCCO1. The van der Waals surface area contributed by atoms with Crippen molar-refractivity contribution in [2.75, 3.05) is 19.8 Å². The van der Waals surface area contributed by atoms with Gasteiger partial charge in [0.25, 0.3) is 0 Å². The molecule has 2 saturated heterocycles. The minimum Gasteiger partial charge on any atom is -0.377 e. The van der Waals surface area contributed by atoms with Crippen LogP contribution in [0, 0.1) is 0 Å². The van der Waals surface area contributed by atoms with Gasteiger partial charge in [-0.3, -0.25) is 0 Å². The van der Waals surface area contributed by atoms with Crippen molar-refractivity contribution in [3.05, 3.63) is 0 Å². The lowest BCUT2D eigenvalue weighted by Crippen LogP contribution is -2.40. The Bertz CT molecular complexity index is 163. The predicted octanol–water partition coefficient (Wildman–Crippen LogP) is 1.32. The van der Waals surface area contributed by atoms with E-state index in [1.807, 2.05) is 0 Å². The average Bonchev–Trinajstić information content (AvgIpc) is 2.87. The molecule has 0 aromatic heterocycles. The van der Waals surface area contributed by atoms with E-state index in [1.54, 1.807) is 0 Å². The second kappa shape index (κ2) is 5.10. The number of rotatable bonds is 4. The van der Waals surface area contributed by atoms with Crippen molar-refractivity contribution < 1.29 is 9.47 Å². The molecule has 3 heteroatoms. The zero-order valence-corrected chi connectivity index (χ0v) is 9.00. The zero-order valence-electron chi connectivity index (χ0n) is 9.00. The fraction of sp³-hybridized carbons (Fsp3) is 1.00. The topological polar surface area (TPSA) is 30.5 Å². The van der Waals surface area contributed by atoms with Crippen LogP contribution in [0.2, 0.25) is 0 Å². The highest BCUT2D eigenvalue weighted by molar-refractivity contribution is 4.78. The number of nitrogens with one attached hydrogen (secondary N) is 1. The lowest BCUT2D eigenvalue weighted by Gasteiger charge is -2.21. The largest absolute Gasteiger partial charge is 0.377 e. The standard InChI is InChI=1S/C11H21NO2/c1-9(11-5-3-7-14-11)12-8-10-4-2-6-13-10/h9-12H,2-8H2,1H3. The first-order chi connectivity index (χ1) is 6.86. The normalized spacial score (nSPS) is 34.9. The van der Waals surface area contributed by atoms with Crippen LogP contribution in [0.15, 0.2) is 0 Å². The molecule has 0 aliphatic carbocycles. The summed E-state index contributed by atoms with van der Waals surface area (Å²) < 4.78 is 11.2. The van der Waals surface area contributed by atoms with Gasteiger partial charge in [-0.2, -0.15) is 0 Å². The van der Waals surface area contributed by atoms with E-state index >= 15 is 0 Å². The minimum atomic E-state index is 0.427. The molecule has 0 bridgehead atoms. The monoisotopic (exact) mass is 199 g/mol. The molecule has 3 unspecified atom stereocenters. The molecule has 2 rings (SSSR count). The van der Waals surface area contributed by atoms with Gasteiger partial charge in [0.1, 0.15) is 0 Å². The number of hydrogen-bond donors (Lipinski definition) is 1. The molecule has 2 fully saturated rings. The van der Waals surface area contributed by atoms with E-state index in [1.165, 1.54) is 25.7 Å². The van der Waals surface area contributed by atoms with Crippen LogP contribution in [0.3, 0.4) is 0 Å². The molecule has 0 aromatic carbocycles. The first-order valence-corrected chi connectivity index (χ1v) is 5.83. The Morgan fingerprint density at radius 1 is 1.21 bits per heavy atom. The van der Waals surface area contributed by atoms with Crippen LogP contribution in [0.5, 0.6) is 0 Å². The van der Waals surface area contributed by atoms with E-state index in [9.17, 15) is 0 Å². The van der Waals surface area contributed by atoms with Gasteiger partial charge in [0.2, 0.25) is 0 Å². The molecule has 2 heterocycles. The molecule has 1 N–H and O–H groups in total. The molecular weight excluding hydrogens is 178 g/mol. The van der Waals surface area contributed by atoms with E-state index in [2.05, 4.69) is 12.2 Å². The molecule has 3 nitrogen and oxygen atoms in total. The van der Waals surface area contributed by atoms with Gasteiger partial charge in [0.15, 0.2) is 0 Å². The van der Waals surface area contributed by atoms with E-state index in [0.29, 0.717) is 18.2 Å². The summed E-state index contributed by atoms with van der Waals surface area (Å²) >= 11 is 0. The van der Waals surface area contributed by atoms with Crippen LogP contribution in [0.4, 0.5) is 0 Å². The maximum absolute atomic E-state index is 5.63. The molecule has 0 saturated carbocycles. The second-order valence-corrected chi connectivity index (χ2v) is 4.38. The van der Waals surface area contributed by atoms with Crippen molar-refractivity contribution in [2.24, 2.45) is 0 Å². The zero-order chi connectivity index (χ0) is 9.80. The maximum Gasteiger partial charge on any atom is 0.0726 e.